The highest BCUT2D eigenvalue weighted by molar-refractivity contribution is 6.01. The van der Waals surface area contributed by atoms with E-state index in [0.717, 1.165) is 0 Å². The van der Waals surface area contributed by atoms with E-state index in [0.29, 0.717) is 22.2 Å². The molecule has 0 unspecified atom stereocenters. The number of aromatic amines is 1. The van der Waals surface area contributed by atoms with E-state index in [1.54, 1.807) is 30.3 Å². The lowest BCUT2D eigenvalue weighted by atomic mass is 10.1. The summed E-state index contributed by atoms with van der Waals surface area (Å²) < 4.78 is 14.3. The van der Waals surface area contributed by atoms with E-state index in [1.807, 2.05) is 0 Å². The first kappa shape index (κ1) is 14.0. The molecule has 0 spiro atoms. The van der Waals surface area contributed by atoms with Crippen molar-refractivity contribution in [1.29, 1.82) is 0 Å². The molecule has 0 aliphatic heterocycles. The van der Waals surface area contributed by atoms with Crippen LogP contribution in [-0.2, 0) is 0 Å². The molecular weight excluding hydrogens is 313 g/mol. The summed E-state index contributed by atoms with van der Waals surface area (Å²) in [6.07, 6.45) is 0. The van der Waals surface area contributed by atoms with Gasteiger partial charge in [0.15, 0.2) is 0 Å². The van der Waals surface area contributed by atoms with Crippen molar-refractivity contribution >= 4 is 22.9 Å². The Bertz CT molecular complexity index is 1010. The molecule has 2 N–H and O–H groups in total. The summed E-state index contributed by atoms with van der Waals surface area (Å²) in [5.41, 5.74) is 1.81. The summed E-state index contributed by atoms with van der Waals surface area (Å²) >= 11 is 0. The average Bonchev–Trinajstić information content (AvgIpc) is 3.23. The summed E-state index contributed by atoms with van der Waals surface area (Å²) in [5.74, 6) is -0.307. The number of anilines is 1. The highest BCUT2D eigenvalue weighted by atomic mass is 19.1. The Morgan fingerprint density at radius 2 is 2.08 bits per heavy atom. The van der Waals surface area contributed by atoms with Crippen LogP contribution in [0.4, 0.5) is 15.1 Å². The van der Waals surface area contributed by atoms with Gasteiger partial charge in [-0.05, 0) is 47.7 Å². The number of fused-ring (bicyclic) bond motifs is 1. The van der Waals surface area contributed by atoms with Gasteiger partial charge in [-0.1, -0.05) is 11.2 Å². The number of nitrogens with zero attached hydrogens (tertiary/aromatic N) is 5. The second-order valence-corrected chi connectivity index (χ2v) is 4.88. The predicted molar refractivity (Wildman–Crippen MR) is 82.6 cm³/mol. The zero-order valence-electron chi connectivity index (χ0n) is 12.1. The number of amides is 1. The second kappa shape index (κ2) is 5.54. The lowest BCUT2D eigenvalue weighted by Crippen LogP contribution is -2.21. The van der Waals surface area contributed by atoms with Crippen molar-refractivity contribution < 1.29 is 9.18 Å². The first-order valence-corrected chi connectivity index (χ1v) is 6.92. The molecule has 4 aromatic rings. The molecule has 0 bridgehead atoms. The van der Waals surface area contributed by atoms with Crippen molar-refractivity contribution in [3.63, 3.8) is 0 Å². The Labute approximate surface area is 134 Å². The van der Waals surface area contributed by atoms with Gasteiger partial charge in [-0.15, -0.1) is 5.10 Å². The van der Waals surface area contributed by atoms with E-state index in [4.69, 9.17) is 0 Å². The molecule has 0 atom stereocenters. The molecule has 4 rings (SSSR count). The van der Waals surface area contributed by atoms with E-state index < -0.39 is 6.03 Å². The van der Waals surface area contributed by atoms with Crippen LogP contribution >= 0.6 is 0 Å². The fourth-order valence-electron chi connectivity index (χ4n) is 2.34. The van der Waals surface area contributed by atoms with Gasteiger partial charge in [0.05, 0.1) is 5.52 Å². The quantitative estimate of drug-likeness (QED) is 0.589. The van der Waals surface area contributed by atoms with Gasteiger partial charge in [-0.25, -0.2) is 9.18 Å². The molecule has 0 aliphatic carbocycles. The third-order valence-electron chi connectivity index (χ3n) is 3.40. The molecule has 24 heavy (non-hydrogen) atoms. The van der Waals surface area contributed by atoms with Crippen LogP contribution in [0.2, 0.25) is 0 Å². The number of aromatic nitrogens is 6. The van der Waals surface area contributed by atoms with Gasteiger partial charge in [-0.3, -0.25) is 5.32 Å². The maximum Gasteiger partial charge on any atom is 0.349 e. The number of rotatable bonds is 2. The molecule has 2 aromatic heterocycles. The van der Waals surface area contributed by atoms with Gasteiger partial charge in [0.25, 0.3) is 5.95 Å². The second-order valence-electron chi connectivity index (χ2n) is 4.88. The molecule has 8 nitrogen and oxygen atoms in total. The van der Waals surface area contributed by atoms with E-state index in [-0.39, 0.29) is 11.8 Å². The van der Waals surface area contributed by atoms with Gasteiger partial charge >= 0.3 is 6.03 Å². The smallest absolute Gasteiger partial charge is 0.272 e. The zero-order valence-corrected chi connectivity index (χ0v) is 12.1. The first-order chi connectivity index (χ1) is 11.7. The fourth-order valence-corrected chi connectivity index (χ4v) is 2.34. The Hall–Kier alpha value is -3.62. The number of H-pyrrole nitrogens is 1. The van der Waals surface area contributed by atoms with Gasteiger partial charge < -0.3 is 0 Å². The van der Waals surface area contributed by atoms with Crippen molar-refractivity contribution in [3.8, 4) is 11.3 Å². The number of hydrogen-bond donors (Lipinski definition) is 2. The number of nitrogens with one attached hydrogen (secondary N) is 2. The van der Waals surface area contributed by atoms with Gasteiger partial charge in [0.1, 0.15) is 11.5 Å². The number of tetrazole rings is 1. The number of halogens is 1. The van der Waals surface area contributed by atoms with Crippen LogP contribution in [0.3, 0.4) is 0 Å². The summed E-state index contributed by atoms with van der Waals surface area (Å²) in [4.78, 5) is 12.4. The third-order valence-corrected chi connectivity index (χ3v) is 3.40. The van der Waals surface area contributed by atoms with Crippen LogP contribution in [0.1, 0.15) is 0 Å². The highest BCUT2D eigenvalue weighted by Gasteiger charge is 2.17. The Morgan fingerprint density at radius 3 is 2.83 bits per heavy atom. The molecule has 1 amide bonds. The van der Waals surface area contributed by atoms with Gasteiger partial charge in [-0.2, -0.15) is 15.0 Å². The molecule has 0 aliphatic rings. The van der Waals surface area contributed by atoms with Crippen molar-refractivity contribution in [2.45, 2.75) is 0 Å². The minimum absolute atomic E-state index is 0.0366. The van der Waals surface area contributed by atoms with Crippen molar-refractivity contribution in [3.05, 3.63) is 54.3 Å². The van der Waals surface area contributed by atoms with Crippen LogP contribution in [0.5, 0.6) is 0 Å². The average molecular weight is 322 g/mol. The van der Waals surface area contributed by atoms with Gasteiger partial charge in [0, 0.05) is 10.9 Å². The van der Waals surface area contributed by atoms with Crippen LogP contribution in [0.25, 0.3) is 22.2 Å². The topological polar surface area (TPSA) is 101 Å². The lowest BCUT2D eigenvalue weighted by Gasteiger charge is -2.01. The maximum atomic E-state index is 13.1. The molecule has 2 heterocycles. The maximum absolute atomic E-state index is 13.1. The monoisotopic (exact) mass is 322 g/mol. The highest BCUT2D eigenvalue weighted by Crippen LogP contribution is 2.27. The Morgan fingerprint density at radius 1 is 1.25 bits per heavy atom. The summed E-state index contributed by atoms with van der Waals surface area (Å²) in [5, 5.41) is 20.5. The zero-order chi connectivity index (χ0) is 16.5. The SMILES string of the molecule is O=C(Nc1nn[nH]n1)n1nc(-c2ccc(F)cc2)c2c[c]ccc21. The predicted octanol–water partition coefficient (Wildman–Crippen LogP) is 2.24. The van der Waals surface area contributed by atoms with Crippen LogP contribution < -0.4 is 5.32 Å². The number of hydrogen-bond acceptors (Lipinski definition) is 5. The lowest BCUT2D eigenvalue weighted by molar-refractivity contribution is 0.251. The largest absolute Gasteiger partial charge is 0.349 e. The van der Waals surface area contributed by atoms with Crippen LogP contribution in [0, 0.1) is 11.9 Å². The summed E-state index contributed by atoms with van der Waals surface area (Å²) in [6, 6.07) is 13.4. The number of carbonyl (C=O) groups excluding carboxylic acids is 1. The van der Waals surface area contributed by atoms with Crippen molar-refractivity contribution in [2.75, 3.05) is 5.32 Å². The summed E-state index contributed by atoms with van der Waals surface area (Å²) in [6.45, 7) is 0. The molecule has 0 saturated carbocycles. The molecule has 0 fully saturated rings. The summed E-state index contributed by atoms with van der Waals surface area (Å²) in [7, 11) is 0. The fraction of sp³-hybridized carbons (Fsp3) is 0. The number of benzene rings is 2. The minimum atomic E-state index is -0.541. The third kappa shape index (κ3) is 2.37. The Kier molecular flexibility index (Phi) is 3.23. The van der Waals surface area contributed by atoms with Crippen molar-refractivity contribution in [1.82, 2.24) is 30.4 Å². The Balaban J connectivity index is 1.82. The molecule has 1 radical (unpaired) electrons. The molecule has 117 valence electrons. The van der Waals surface area contributed by atoms with Crippen molar-refractivity contribution in [2.24, 2.45) is 0 Å². The van der Waals surface area contributed by atoms with E-state index >= 15 is 0 Å². The molecule has 0 saturated heterocycles. The van der Waals surface area contributed by atoms with E-state index in [1.165, 1.54) is 16.8 Å². The van der Waals surface area contributed by atoms with Crippen LogP contribution in [0.15, 0.2) is 42.5 Å². The molecule has 2 aromatic carbocycles. The van der Waals surface area contributed by atoms with E-state index in [9.17, 15) is 9.18 Å². The van der Waals surface area contributed by atoms with Crippen LogP contribution in [-0.4, -0.2) is 36.4 Å². The first-order valence-electron chi connectivity index (χ1n) is 6.92. The minimum Gasteiger partial charge on any atom is -0.272 e. The number of carbonyl (C=O) groups is 1. The molecule has 9 heteroatoms. The molecular formula is C15H9FN7O. The van der Waals surface area contributed by atoms with Gasteiger partial charge in [0.2, 0.25) is 0 Å². The standard InChI is InChI=1S/C15H9FN7O/c16-10-7-5-9(6-8-10)13-11-3-1-2-4-12(11)23(20-13)15(24)17-14-18-21-22-19-14/h2-8H,(H2,17,18,19,21,22,24). The normalized spacial score (nSPS) is 10.9. The van der Waals surface area contributed by atoms with E-state index in [2.05, 4.69) is 37.1 Å².